The molecule has 0 bridgehead atoms. The summed E-state index contributed by atoms with van der Waals surface area (Å²) < 4.78 is 0. The minimum Gasteiger partial charge on any atom is -0.0867 e. The molecule has 0 unspecified atom stereocenters. The third kappa shape index (κ3) is 4.08. The van der Waals surface area contributed by atoms with Crippen LogP contribution in [0.2, 0.25) is 39.3 Å². The molecule has 0 nitrogen and oxygen atoms in total. The summed E-state index contributed by atoms with van der Waals surface area (Å²) in [5, 5.41) is 4.22. The highest BCUT2D eigenvalue weighted by molar-refractivity contribution is 6.89. The number of benzene rings is 3. The van der Waals surface area contributed by atoms with Crippen molar-refractivity contribution in [1.82, 2.24) is 0 Å². The van der Waals surface area contributed by atoms with Crippen molar-refractivity contribution in [3.05, 3.63) is 83.6 Å². The van der Waals surface area contributed by atoms with E-state index >= 15 is 0 Å². The molecule has 0 atom stereocenters. The van der Waals surface area contributed by atoms with Crippen LogP contribution in [0.3, 0.4) is 0 Å². The number of fused-ring (bicyclic) bond motifs is 1. The van der Waals surface area contributed by atoms with Gasteiger partial charge in [-0.1, -0.05) is 117 Å². The molecule has 134 valence electrons. The molecule has 0 amide bonds. The molecule has 3 rings (SSSR count). The van der Waals surface area contributed by atoms with Gasteiger partial charge in [-0.2, -0.15) is 0 Å². The van der Waals surface area contributed by atoms with Gasteiger partial charge in [0.05, 0.1) is 16.1 Å². The largest absolute Gasteiger partial charge is 0.0867 e. The van der Waals surface area contributed by atoms with E-state index in [0.717, 1.165) is 0 Å². The Labute approximate surface area is 160 Å². The van der Waals surface area contributed by atoms with Crippen molar-refractivity contribution >= 4 is 37.7 Å². The maximum atomic E-state index is 2.59. The van der Waals surface area contributed by atoms with Crippen LogP contribution in [0, 0.1) is 0 Å². The fourth-order valence-electron chi connectivity index (χ4n) is 3.57. The van der Waals surface area contributed by atoms with Crippen LogP contribution in [-0.2, 0) is 0 Å². The van der Waals surface area contributed by atoms with E-state index < -0.39 is 16.1 Å². The van der Waals surface area contributed by atoms with Crippen LogP contribution in [0.4, 0.5) is 0 Å². The van der Waals surface area contributed by atoms with Gasteiger partial charge in [-0.05, 0) is 27.5 Å². The highest BCUT2D eigenvalue weighted by atomic mass is 28.3. The Kier molecular flexibility index (Phi) is 5.09. The zero-order valence-electron chi connectivity index (χ0n) is 16.9. The molecule has 0 aromatic heterocycles. The summed E-state index contributed by atoms with van der Waals surface area (Å²) in [6.07, 6.45) is 0. The lowest BCUT2D eigenvalue weighted by Gasteiger charge is -2.25. The molecular formula is C24H30Si2. The fraction of sp³-hybridized carbons (Fsp3) is 0.250. The zero-order valence-corrected chi connectivity index (χ0v) is 18.9. The number of hydrogen-bond donors (Lipinski definition) is 0. The third-order valence-electron chi connectivity index (χ3n) is 4.68. The Bertz CT molecular complexity index is 948. The number of hydrogen-bond acceptors (Lipinski definition) is 0. The standard InChI is InChI=1S/C24H30Si2/c1-25(2,3)18-23(22-15-9-10-17-24(22)26(4,5)6)21-16-11-13-19-12-7-8-14-20(19)21/h7-18H,1-6H3/b23-18-. The summed E-state index contributed by atoms with van der Waals surface area (Å²) in [5.41, 5.74) is 6.83. The summed E-state index contributed by atoms with van der Waals surface area (Å²) in [4.78, 5) is 0. The van der Waals surface area contributed by atoms with Gasteiger partial charge in [-0.3, -0.25) is 0 Å². The summed E-state index contributed by atoms with van der Waals surface area (Å²) in [6.45, 7) is 14.6. The quantitative estimate of drug-likeness (QED) is 0.446. The lowest BCUT2D eigenvalue weighted by Crippen LogP contribution is -2.40. The van der Waals surface area contributed by atoms with Crippen molar-refractivity contribution in [2.24, 2.45) is 0 Å². The Morgan fingerprint density at radius 3 is 1.92 bits per heavy atom. The topological polar surface area (TPSA) is 0 Å². The monoisotopic (exact) mass is 374 g/mol. The summed E-state index contributed by atoms with van der Waals surface area (Å²) in [7, 11) is -2.84. The van der Waals surface area contributed by atoms with Gasteiger partial charge in [0.25, 0.3) is 0 Å². The fourth-order valence-corrected chi connectivity index (χ4v) is 6.37. The van der Waals surface area contributed by atoms with E-state index in [9.17, 15) is 0 Å². The highest BCUT2D eigenvalue weighted by Crippen LogP contribution is 2.31. The van der Waals surface area contributed by atoms with Gasteiger partial charge in [-0.15, -0.1) is 0 Å². The van der Waals surface area contributed by atoms with Crippen molar-refractivity contribution < 1.29 is 0 Å². The van der Waals surface area contributed by atoms with Crippen LogP contribution < -0.4 is 5.19 Å². The smallest absolute Gasteiger partial charge is 0.0784 e. The molecule has 0 fully saturated rings. The van der Waals surface area contributed by atoms with Crippen LogP contribution in [0.1, 0.15) is 11.1 Å². The maximum Gasteiger partial charge on any atom is 0.0784 e. The predicted octanol–water partition coefficient (Wildman–Crippen LogP) is 6.69. The normalized spacial score (nSPS) is 13.2. The van der Waals surface area contributed by atoms with Gasteiger partial charge in [0.15, 0.2) is 0 Å². The first kappa shape index (κ1) is 18.9. The van der Waals surface area contributed by atoms with Gasteiger partial charge in [0, 0.05) is 0 Å². The molecule has 3 aromatic rings. The van der Waals surface area contributed by atoms with E-state index in [2.05, 4.69) is 112 Å². The molecule has 3 aromatic carbocycles. The van der Waals surface area contributed by atoms with Gasteiger partial charge in [0.1, 0.15) is 0 Å². The minimum absolute atomic E-state index is 1.32. The first-order valence-corrected chi connectivity index (χ1v) is 16.6. The molecule has 0 saturated heterocycles. The van der Waals surface area contributed by atoms with Crippen molar-refractivity contribution in [3.63, 3.8) is 0 Å². The van der Waals surface area contributed by atoms with Gasteiger partial charge in [-0.25, -0.2) is 0 Å². The van der Waals surface area contributed by atoms with Crippen molar-refractivity contribution in [1.29, 1.82) is 0 Å². The van der Waals surface area contributed by atoms with Crippen LogP contribution in [0.5, 0.6) is 0 Å². The van der Waals surface area contributed by atoms with Crippen molar-refractivity contribution in [2.75, 3.05) is 0 Å². The second-order valence-corrected chi connectivity index (χ2v) is 19.3. The van der Waals surface area contributed by atoms with Gasteiger partial charge < -0.3 is 0 Å². The van der Waals surface area contributed by atoms with Crippen LogP contribution in [0.25, 0.3) is 16.3 Å². The Hall–Kier alpha value is -1.91. The third-order valence-corrected chi connectivity index (χ3v) is 7.89. The molecule has 0 aliphatic heterocycles. The molecule has 26 heavy (non-hydrogen) atoms. The molecule has 0 spiro atoms. The molecule has 0 saturated carbocycles. The maximum absolute atomic E-state index is 2.59. The van der Waals surface area contributed by atoms with Crippen LogP contribution in [-0.4, -0.2) is 16.1 Å². The van der Waals surface area contributed by atoms with E-state index in [1.54, 1.807) is 5.19 Å². The molecule has 0 radical (unpaired) electrons. The Balaban J connectivity index is 2.36. The van der Waals surface area contributed by atoms with E-state index in [0.29, 0.717) is 0 Å². The SMILES string of the molecule is C[Si](C)(C)/C=C(\c1ccccc1[Si](C)(C)C)c1cccc2ccccc12. The van der Waals surface area contributed by atoms with Crippen molar-refractivity contribution in [2.45, 2.75) is 39.3 Å². The second-order valence-electron chi connectivity index (χ2n) is 9.25. The van der Waals surface area contributed by atoms with E-state index in [-0.39, 0.29) is 0 Å². The second kappa shape index (κ2) is 7.01. The molecule has 0 heterocycles. The van der Waals surface area contributed by atoms with Crippen LogP contribution in [0.15, 0.2) is 72.4 Å². The summed E-state index contributed by atoms with van der Waals surface area (Å²) >= 11 is 0. The Morgan fingerprint density at radius 2 is 1.23 bits per heavy atom. The molecular weight excluding hydrogens is 344 g/mol. The first-order chi connectivity index (χ1) is 12.2. The summed E-state index contributed by atoms with van der Waals surface area (Å²) in [5.74, 6) is 0. The summed E-state index contributed by atoms with van der Waals surface area (Å²) in [6, 6.07) is 24.6. The van der Waals surface area contributed by atoms with Crippen molar-refractivity contribution in [3.8, 4) is 0 Å². The number of rotatable bonds is 4. The molecule has 0 N–H and O–H groups in total. The van der Waals surface area contributed by atoms with Gasteiger partial charge >= 0.3 is 0 Å². The lowest BCUT2D eigenvalue weighted by atomic mass is 9.94. The lowest BCUT2D eigenvalue weighted by molar-refractivity contribution is 1.57. The van der Waals surface area contributed by atoms with E-state index in [1.807, 2.05) is 0 Å². The average Bonchev–Trinajstić information content (AvgIpc) is 2.58. The zero-order chi connectivity index (χ0) is 18.9. The molecule has 0 aliphatic rings. The Morgan fingerprint density at radius 1 is 0.654 bits per heavy atom. The first-order valence-electron chi connectivity index (χ1n) is 9.48. The molecule has 0 aliphatic carbocycles. The van der Waals surface area contributed by atoms with E-state index in [1.165, 1.54) is 27.5 Å². The minimum atomic E-state index is -1.44. The average molecular weight is 375 g/mol. The molecule has 2 heteroatoms. The van der Waals surface area contributed by atoms with Gasteiger partial charge in [0.2, 0.25) is 0 Å². The highest BCUT2D eigenvalue weighted by Gasteiger charge is 2.24. The van der Waals surface area contributed by atoms with E-state index in [4.69, 9.17) is 0 Å². The van der Waals surface area contributed by atoms with Crippen LogP contribution >= 0.6 is 0 Å². The predicted molar refractivity (Wildman–Crippen MR) is 124 cm³/mol.